The Morgan fingerprint density at radius 2 is 2.18 bits per heavy atom. The predicted octanol–water partition coefficient (Wildman–Crippen LogP) is 1.58. The lowest BCUT2D eigenvalue weighted by Gasteiger charge is -2.14. The number of rotatable bonds is 2. The van der Waals surface area contributed by atoms with Crippen molar-refractivity contribution in [3.8, 4) is 0 Å². The number of aryl methyl sites for hydroxylation is 1. The highest BCUT2D eigenvalue weighted by Crippen LogP contribution is 2.11. The lowest BCUT2D eigenvalue weighted by Crippen LogP contribution is -2.24. The quantitative estimate of drug-likeness (QED) is 0.605. The summed E-state index contributed by atoms with van der Waals surface area (Å²) >= 11 is 0. The first-order valence-electron chi connectivity index (χ1n) is 3.18. The van der Waals surface area contributed by atoms with Gasteiger partial charge in [-0.2, -0.15) is 0 Å². The van der Waals surface area contributed by atoms with Gasteiger partial charge in [-0.15, -0.1) is 0 Å². The molecule has 0 aliphatic carbocycles. The third-order valence-electron chi connectivity index (χ3n) is 1.33. The van der Waals surface area contributed by atoms with E-state index in [1.807, 2.05) is 0 Å². The second-order valence-corrected chi connectivity index (χ2v) is 2.34. The Kier molecular flexibility index (Phi) is 1.93. The van der Waals surface area contributed by atoms with Crippen LogP contribution in [0.4, 0.5) is 12.9 Å². The van der Waals surface area contributed by atoms with Crippen molar-refractivity contribution in [2.75, 3.05) is 0 Å². The van der Waals surface area contributed by atoms with Crippen LogP contribution in [0.25, 0.3) is 0 Å². The molecule has 0 saturated heterocycles. The molecule has 0 N–H and O–H groups in total. The molecule has 1 aromatic rings. The van der Waals surface area contributed by atoms with Crippen LogP contribution in [0.1, 0.15) is 5.82 Å². The van der Waals surface area contributed by atoms with E-state index in [9.17, 15) is 12.9 Å². The Bertz CT molecular complexity index is 242. The smallest absolute Gasteiger partial charge is 0.448 e. The molecule has 11 heavy (non-hydrogen) atoms. The molecule has 62 valence electrons. The minimum absolute atomic E-state index is 0.393. The molecule has 0 radical (unpaired) electrons. The second-order valence-electron chi connectivity index (χ2n) is 2.34. The van der Waals surface area contributed by atoms with Gasteiger partial charge in [0.05, 0.1) is 0 Å². The zero-order chi connectivity index (χ0) is 8.48. The van der Waals surface area contributed by atoms with Gasteiger partial charge in [0.2, 0.25) is 0 Å². The Balaban J connectivity index is 2.72. The molecule has 0 aliphatic rings. The first kappa shape index (κ1) is 8.16. The van der Waals surface area contributed by atoms with E-state index in [0.717, 1.165) is 4.57 Å². The molecular weight excluding hydrogens is 156 g/mol. The van der Waals surface area contributed by atoms with Gasteiger partial charge in [-0.1, -0.05) is 0 Å². The standard InChI is InChI=1S/C5H7BF3N2/c1-5-10-2-3-11(5)4-6(7,8)9/h2-3H,4H2,1H3/q-1. The fraction of sp³-hybridized carbons (Fsp3) is 0.400. The normalized spacial score (nSPS) is 12.0. The number of aromatic nitrogens is 2. The third-order valence-corrected chi connectivity index (χ3v) is 1.33. The van der Waals surface area contributed by atoms with E-state index in [4.69, 9.17) is 0 Å². The molecule has 1 rings (SSSR count). The summed E-state index contributed by atoms with van der Waals surface area (Å²) in [5.41, 5.74) is 0. The van der Waals surface area contributed by atoms with Crippen LogP contribution in [0.3, 0.4) is 0 Å². The summed E-state index contributed by atoms with van der Waals surface area (Å²) in [5, 5.41) is 0. The molecule has 0 amide bonds. The maximum absolute atomic E-state index is 11.8. The van der Waals surface area contributed by atoms with Gasteiger partial charge in [0.25, 0.3) is 0 Å². The number of halogens is 3. The lowest BCUT2D eigenvalue weighted by atomic mass is 9.92. The molecule has 0 atom stereocenters. The van der Waals surface area contributed by atoms with Crippen molar-refractivity contribution in [2.24, 2.45) is 0 Å². The van der Waals surface area contributed by atoms with Crippen molar-refractivity contribution in [1.82, 2.24) is 9.55 Å². The summed E-state index contributed by atoms with van der Waals surface area (Å²) in [5.74, 6) is 0.393. The fourth-order valence-corrected chi connectivity index (χ4v) is 0.820. The number of hydrogen-bond donors (Lipinski definition) is 0. The average molecular weight is 163 g/mol. The highest BCUT2D eigenvalue weighted by Gasteiger charge is 2.23. The molecule has 0 bridgehead atoms. The number of imidazole rings is 1. The summed E-state index contributed by atoms with van der Waals surface area (Å²) in [7, 11) is 0. The monoisotopic (exact) mass is 163 g/mol. The molecule has 2 nitrogen and oxygen atoms in total. The highest BCUT2D eigenvalue weighted by atomic mass is 19.4. The van der Waals surface area contributed by atoms with E-state index < -0.39 is 13.4 Å². The predicted molar refractivity (Wildman–Crippen MR) is 36.0 cm³/mol. The average Bonchev–Trinajstić information content (AvgIpc) is 2.12. The van der Waals surface area contributed by atoms with Crippen LogP contribution in [0.5, 0.6) is 0 Å². The van der Waals surface area contributed by atoms with Crippen molar-refractivity contribution >= 4 is 6.98 Å². The van der Waals surface area contributed by atoms with Gasteiger partial charge in [0.1, 0.15) is 5.82 Å². The van der Waals surface area contributed by atoms with Crippen molar-refractivity contribution in [3.05, 3.63) is 18.2 Å². The third kappa shape index (κ3) is 2.29. The van der Waals surface area contributed by atoms with Crippen LogP contribution in [0.15, 0.2) is 12.4 Å². The van der Waals surface area contributed by atoms with Crippen molar-refractivity contribution in [1.29, 1.82) is 0 Å². The summed E-state index contributed by atoms with van der Waals surface area (Å²) < 4.78 is 36.5. The minimum atomic E-state index is -4.75. The van der Waals surface area contributed by atoms with E-state index in [1.54, 1.807) is 6.92 Å². The minimum Gasteiger partial charge on any atom is -0.448 e. The van der Waals surface area contributed by atoms with Crippen molar-refractivity contribution < 1.29 is 12.9 Å². The van der Waals surface area contributed by atoms with E-state index in [-0.39, 0.29) is 0 Å². The molecule has 0 spiro atoms. The first-order valence-corrected chi connectivity index (χ1v) is 3.18. The topological polar surface area (TPSA) is 17.8 Å². The van der Waals surface area contributed by atoms with Crippen LogP contribution in [-0.4, -0.2) is 16.5 Å². The maximum atomic E-state index is 11.8. The van der Waals surface area contributed by atoms with Gasteiger partial charge in [-0.05, 0) is 13.4 Å². The number of hydrogen-bond acceptors (Lipinski definition) is 1. The Labute approximate surface area is 62.1 Å². The Morgan fingerprint density at radius 1 is 1.55 bits per heavy atom. The van der Waals surface area contributed by atoms with Gasteiger partial charge in [-0.25, -0.2) is 4.98 Å². The van der Waals surface area contributed by atoms with Crippen LogP contribution >= 0.6 is 0 Å². The van der Waals surface area contributed by atoms with E-state index in [1.165, 1.54) is 12.4 Å². The van der Waals surface area contributed by atoms with Gasteiger partial charge < -0.3 is 17.5 Å². The zero-order valence-corrected chi connectivity index (χ0v) is 5.97. The van der Waals surface area contributed by atoms with Crippen LogP contribution < -0.4 is 0 Å². The lowest BCUT2D eigenvalue weighted by molar-refractivity contribution is 0.443. The maximum Gasteiger partial charge on any atom is 0.497 e. The Morgan fingerprint density at radius 3 is 2.55 bits per heavy atom. The van der Waals surface area contributed by atoms with Crippen LogP contribution in [0.2, 0.25) is 0 Å². The Hall–Kier alpha value is -0.935. The van der Waals surface area contributed by atoms with Gasteiger partial charge in [0.15, 0.2) is 0 Å². The summed E-state index contributed by atoms with van der Waals surface area (Å²) in [6, 6.07) is 0. The van der Waals surface area contributed by atoms with Gasteiger partial charge in [0, 0.05) is 12.4 Å². The molecule has 0 fully saturated rings. The SMILES string of the molecule is Cc1nccn1C[B-](F)(F)F. The molecule has 1 heterocycles. The molecular formula is C5H7BF3N2-. The highest BCUT2D eigenvalue weighted by molar-refractivity contribution is 6.57. The molecule has 0 aliphatic heterocycles. The summed E-state index contributed by atoms with van der Waals surface area (Å²) in [6.07, 6.45) is 1.79. The number of nitrogens with zero attached hydrogens (tertiary/aromatic N) is 2. The van der Waals surface area contributed by atoms with E-state index >= 15 is 0 Å². The van der Waals surface area contributed by atoms with Crippen molar-refractivity contribution in [2.45, 2.75) is 13.4 Å². The van der Waals surface area contributed by atoms with E-state index in [2.05, 4.69) is 4.98 Å². The second kappa shape index (κ2) is 2.60. The molecule has 1 aromatic heterocycles. The summed E-state index contributed by atoms with van der Waals surface area (Å²) in [4.78, 5) is 3.67. The van der Waals surface area contributed by atoms with Gasteiger partial charge >= 0.3 is 6.98 Å². The summed E-state index contributed by atoms with van der Waals surface area (Å²) in [6.45, 7) is -3.21. The van der Waals surface area contributed by atoms with Crippen LogP contribution in [-0.2, 0) is 6.44 Å². The fourth-order valence-electron chi connectivity index (χ4n) is 0.820. The van der Waals surface area contributed by atoms with Gasteiger partial charge in [-0.3, -0.25) is 0 Å². The van der Waals surface area contributed by atoms with Crippen molar-refractivity contribution in [3.63, 3.8) is 0 Å². The van der Waals surface area contributed by atoms with E-state index in [0.29, 0.717) is 5.82 Å². The first-order chi connectivity index (χ1) is 4.99. The van der Waals surface area contributed by atoms with Crippen LogP contribution in [0, 0.1) is 6.92 Å². The molecule has 0 saturated carbocycles. The largest absolute Gasteiger partial charge is 0.497 e. The zero-order valence-electron chi connectivity index (χ0n) is 5.97. The molecule has 6 heteroatoms. The molecule has 0 aromatic carbocycles. The molecule has 0 unspecified atom stereocenters.